The Hall–Kier alpha value is -1.79. The number of thioether (sulfide) groups is 1. The van der Waals surface area contributed by atoms with Crippen LogP contribution in [0.5, 0.6) is 0 Å². The molecule has 110 valence electrons. The highest BCUT2D eigenvalue weighted by Gasteiger charge is 2.31. The predicted molar refractivity (Wildman–Crippen MR) is 83.2 cm³/mol. The minimum atomic E-state index is -0.234. The van der Waals surface area contributed by atoms with Crippen LogP contribution in [0.2, 0.25) is 0 Å². The van der Waals surface area contributed by atoms with Crippen LogP contribution in [-0.2, 0) is 9.53 Å². The van der Waals surface area contributed by atoms with Crippen molar-refractivity contribution in [2.75, 3.05) is 38.3 Å². The van der Waals surface area contributed by atoms with Gasteiger partial charge in [-0.3, -0.25) is 14.5 Å². The van der Waals surface area contributed by atoms with Crippen molar-refractivity contribution in [3.05, 3.63) is 34.7 Å². The number of amides is 2. The summed E-state index contributed by atoms with van der Waals surface area (Å²) in [4.78, 5) is 27.2. The molecule has 5 nitrogen and oxygen atoms in total. The van der Waals surface area contributed by atoms with Crippen LogP contribution < -0.4 is 4.90 Å². The van der Waals surface area contributed by atoms with Gasteiger partial charge in [-0.15, -0.1) is 0 Å². The molecular formula is C15H16N2O3S. The van der Waals surface area contributed by atoms with E-state index in [1.807, 2.05) is 24.3 Å². The highest BCUT2D eigenvalue weighted by atomic mass is 32.2. The van der Waals surface area contributed by atoms with Crippen molar-refractivity contribution in [3.8, 4) is 0 Å². The Morgan fingerprint density at radius 2 is 1.81 bits per heavy atom. The summed E-state index contributed by atoms with van der Waals surface area (Å²) in [6.07, 6.45) is 1.76. The first-order valence-electron chi connectivity index (χ1n) is 6.79. The van der Waals surface area contributed by atoms with Gasteiger partial charge in [-0.25, -0.2) is 0 Å². The van der Waals surface area contributed by atoms with E-state index in [4.69, 9.17) is 4.74 Å². The zero-order chi connectivity index (χ0) is 14.8. The van der Waals surface area contributed by atoms with E-state index in [2.05, 4.69) is 4.90 Å². The van der Waals surface area contributed by atoms with Crippen molar-refractivity contribution < 1.29 is 14.3 Å². The third-order valence-corrected chi connectivity index (χ3v) is 4.51. The third-order valence-electron chi connectivity index (χ3n) is 3.55. The lowest BCUT2D eigenvalue weighted by molar-refractivity contribution is -0.121. The van der Waals surface area contributed by atoms with E-state index in [-0.39, 0.29) is 11.1 Å². The summed E-state index contributed by atoms with van der Waals surface area (Å²) in [5, 5.41) is -0.226. The van der Waals surface area contributed by atoms with Crippen LogP contribution in [0.15, 0.2) is 29.2 Å². The monoisotopic (exact) mass is 304 g/mol. The zero-order valence-electron chi connectivity index (χ0n) is 11.7. The van der Waals surface area contributed by atoms with Crippen LogP contribution in [0.25, 0.3) is 6.08 Å². The Morgan fingerprint density at radius 1 is 1.14 bits per heavy atom. The van der Waals surface area contributed by atoms with Crippen LogP contribution in [0, 0.1) is 0 Å². The quantitative estimate of drug-likeness (QED) is 0.784. The molecule has 2 fully saturated rings. The SMILES string of the molecule is CN1C(=O)SC(=Cc2ccc(N3CCOCC3)cc2)C1=O. The number of imide groups is 1. The molecule has 1 aromatic carbocycles. The number of benzene rings is 1. The molecule has 0 aliphatic carbocycles. The first kappa shape index (κ1) is 14.2. The Morgan fingerprint density at radius 3 is 2.38 bits per heavy atom. The van der Waals surface area contributed by atoms with Crippen LogP contribution in [0.3, 0.4) is 0 Å². The number of carbonyl (C=O) groups excluding carboxylic acids is 2. The van der Waals surface area contributed by atoms with Crippen LogP contribution in [0.4, 0.5) is 10.5 Å². The molecule has 0 atom stereocenters. The maximum absolute atomic E-state index is 11.8. The summed E-state index contributed by atoms with van der Waals surface area (Å²) in [7, 11) is 1.50. The minimum absolute atomic E-state index is 0.226. The van der Waals surface area contributed by atoms with Crippen molar-refractivity contribution in [1.29, 1.82) is 0 Å². The summed E-state index contributed by atoms with van der Waals surface area (Å²) in [5.74, 6) is -0.234. The number of likely N-dealkylation sites (N-methyl/N-ethyl adjacent to an activating group) is 1. The molecule has 2 amide bonds. The molecule has 0 N–H and O–H groups in total. The molecule has 6 heteroatoms. The van der Waals surface area contributed by atoms with Gasteiger partial charge in [-0.2, -0.15) is 0 Å². The summed E-state index contributed by atoms with van der Waals surface area (Å²) in [6, 6.07) is 8.00. The van der Waals surface area contributed by atoms with Crippen molar-refractivity contribution in [1.82, 2.24) is 4.90 Å². The number of rotatable bonds is 2. The van der Waals surface area contributed by atoms with Gasteiger partial charge in [0.05, 0.1) is 18.1 Å². The summed E-state index contributed by atoms with van der Waals surface area (Å²) in [6.45, 7) is 3.30. The fourth-order valence-electron chi connectivity index (χ4n) is 2.30. The maximum atomic E-state index is 11.8. The van der Waals surface area contributed by atoms with Crippen LogP contribution in [-0.4, -0.2) is 49.4 Å². The lowest BCUT2D eigenvalue weighted by atomic mass is 10.1. The largest absolute Gasteiger partial charge is 0.378 e. The van der Waals surface area contributed by atoms with Gasteiger partial charge in [-0.1, -0.05) is 12.1 Å². The Balaban J connectivity index is 1.75. The molecule has 3 rings (SSSR count). The van der Waals surface area contributed by atoms with Gasteiger partial charge in [0.2, 0.25) is 0 Å². The number of carbonyl (C=O) groups is 2. The average molecular weight is 304 g/mol. The van der Waals surface area contributed by atoms with Crippen molar-refractivity contribution >= 4 is 34.7 Å². The molecule has 0 bridgehead atoms. The van der Waals surface area contributed by atoms with Gasteiger partial charge in [0.1, 0.15) is 0 Å². The standard InChI is InChI=1S/C15H16N2O3S/c1-16-14(18)13(21-15(16)19)10-11-2-4-12(5-3-11)17-6-8-20-9-7-17/h2-5,10H,6-9H2,1H3. The minimum Gasteiger partial charge on any atom is -0.378 e. The van der Waals surface area contributed by atoms with E-state index in [9.17, 15) is 9.59 Å². The molecule has 0 spiro atoms. The molecule has 0 aromatic heterocycles. The molecule has 2 saturated heterocycles. The average Bonchev–Trinajstić information content (AvgIpc) is 2.76. The third kappa shape index (κ3) is 2.96. The molecule has 0 saturated carbocycles. The summed E-state index contributed by atoms with van der Waals surface area (Å²) in [5.41, 5.74) is 2.07. The summed E-state index contributed by atoms with van der Waals surface area (Å²) < 4.78 is 5.34. The maximum Gasteiger partial charge on any atom is 0.293 e. The van der Waals surface area contributed by atoms with Gasteiger partial charge < -0.3 is 9.64 Å². The fourth-order valence-corrected chi connectivity index (χ4v) is 3.13. The van der Waals surface area contributed by atoms with E-state index < -0.39 is 0 Å². The van der Waals surface area contributed by atoms with Gasteiger partial charge in [-0.05, 0) is 35.5 Å². The van der Waals surface area contributed by atoms with Crippen LogP contribution >= 0.6 is 11.8 Å². The lowest BCUT2D eigenvalue weighted by Crippen LogP contribution is -2.36. The molecule has 2 heterocycles. The predicted octanol–water partition coefficient (Wildman–Crippen LogP) is 2.19. The molecule has 21 heavy (non-hydrogen) atoms. The van der Waals surface area contributed by atoms with Crippen LogP contribution in [0.1, 0.15) is 5.56 Å². The van der Waals surface area contributed by atoms with Crippen molar-refractivity contribution in [2.45, 2.75) is 0 Å². The van der Waals surface area contributed by atoms with E-state index >= 15 is 0 Å². The molecule has 2 aliphatic rings. The van der Waals surface area contributed by atoms with E-state index in [1.54, 1.807) is 6.08 Å². The van der Waals surface area contributed by atoms with E-state index in [0.29, 0.717) is 4.91 Å². The smallest absolute Gasteiger partial charge is 0.293 e. The first-order chi connectivity index (χ1) is 10.1. The second-order valence-corrected chi connectivity index (χ2v) is 5.92. The lowest BCUT2D eigenvalue weighted by Gasteiger charge is -2.28. The second-order valence-electron chi connectivity index (χ2n) is 4.93. The first-order valence-corrected chi connectivity index (χ1v) is 7.61. The topological polar surface area (TPSA) is 49.9 Å². The normalized spacial score (nSPS) is 21.5. The van der Waals surface area contributed by atoms with E-state index in [0.717, 1.165) is 54.2 Å². The second kappa shape index (κ2) is 5.91. The number of anilines is 1. The highest BCUT2D eigenvalue weighted by molar-refractivity contribution is 8.18. The Bertz CT molecular complexity index is 591. The molecule has 0 radical (unpaired) electrons. The zero-order valence-corrected chi connectivity index (χ0v) is 12.6. The summed E-state index contributed by atoms with van der Waals surface area (Å²) >= 11 is 0.980. The molecular weight excluding hydrogens is 288 g/mol. The number of ether oxygens (including phenoxy) is 1. The number of morpholine rings is 1. The van der Waals surface area contributed by atoms with E-state index in [1.165, 1.54) is 7.05 Å². The molecule has 0 unspecified atom stereocenters. The fraction of sp³-hybridized carbons (Fsp3) is 0.333. The van der Waals surface area contributed by atoms with Gasteiger partial charge >= 0.3 is 0 Å². The molecule has 1 aromatic rings. The Kier molecular flexibility index (Phi) is 3.98. The number of nitrogens with zero attached hydrogens (tertiary/aromatic N) is 2. The molecule has 2 aliphatic heterocycles. The van der Waals surface area contributed by atoms with Gasteiger partial charge in [0.15, 0.2) is 0 Å². The van der Waals surface area contributed by atoms with Gasteiger partial charge in [0.25, 0.3) is 11.1 Å². The van der Waals surface area contributed by atoms with Gasteiger partial charge in [0, 0.05) is 25.8 Å². The van der Waals surface area contributed by atoms with Crippen molar-refractivity contribution in [2.24, 2.45) is 0 Å². The number of hydrogen-bond donors (Lipinski definition) is 0. The van der Waals surface area contributed by atoms with Crippen molar-refractivity contribution in [3.63, 3.8) is 0 Å². The Labute approximate surface area is 127 Å². The number of hydrogen-bond acceptors (Lipinski definition) is 5. The highest BCUT2D eigenvalue weighted by Crippen LogP contribution is 2.31.